The smallest absolute Gasteiger partial charge is 0.309 e. The highest BCUT2D eigenvalue weighted by Crippen LogP contribution is 2.40. The van der Waals surface area contributed by atoms with Gasteiger partial charge in [0, 0.05) is 10.0 Å². The fourth-order valence-corrected chi connectivity index (χ4v) is 2.10. The predicted molar refractivity (Wildman–Crippen MR) is 72.2 cm³/mol. The second kappa shape index (κ2) is 5.18. The maximum Gasteiger partial charge on any atom is 0.309 e. The van der Waals surface area contributed by atoms with Crippen molar-refractivity contribution in [3.8, 4) is 11.5 Å². The number of hydrogen-bond acceptors (Lipinski definition) is 3. The van der Waals surface area contributed by atoms with Crippen LogP contribution in [0.4, 0.5) is 0 Å². The van der Waals surface area contributed by atoms with Gasteiger partial charge in [0.1, 0.15) is 0 Å². The molecule has 0 fully saturated rings. The molecule has 18 heavy (non-hydrogen) atoms. The summed E-state index contributed by atoms with van der Waals surface area (Å²) in [6, 6.07) is 1.71. The molecule has 2 N–H and O–H groups in total. The quantitative estimate of drug-likeness (QED) is 0.895. The molecule has 0 bridgehead atoms. The van der Waals surface area contributed by atoms with Gasteiger partial charge in [-0.2, -0.15) is 0 Å². The van der Waals surface area contributed by atoms with Gasteiger partial charge in [0.2, 0.25) is 0 Å². The number of carboxylic acids is 1. The zero-order valence-electron chi connectivity index (χ0n) is 10.9. The summed E-state index contributed by atoms with van der Waals surface area (Å²) < 4.78 is 5.80. The van der Waals surface area contributed by atoms with E-state index in [9.17, 15) is 9.90 Å². The Morgan fingerprint density at radius 1 is 1.50 bits per heavy atom. The van der Waals surface area contributed by atoms with Crippen LogP contribution < -0.4 is 4.74 Å². The van der Waals surface area contributed by atoms with Gasteiger partial charge < -0.3 is 14.9 Å². The average molecular weight is 317 g/mol. The molecular weight excluding hydrogens is 300 g/mol. The Morgan fingerprint density at radius 2 is 2.06 bits per heavy atom. The summed E-state index contributed by atoms with van der Waals surface area (Å²) in [5.41, 5.74) is 0.485. The van der Waals surface area contributed by atoms with Gasteiger partial charge in [-0.1, -0.05) is 15.9 Å². The lowest BCUT2D eigenvalue weighted by molar-refractivity contribution is -0.146. The van der Waals surface area contributed by atoms with E-state index in [2.05, 4.69) is 15.9 Å². The van der Waals surface area contributed by atoms with E-state index in [4.69, 9.17) is 9.84 Å². The van der Waals surface area contributed by atoms with Crippen LogP contribution in [0.25, 0.3) is 0 Å². The SMILES string of the molecule is COc1cc(C)c(Br)c(CC(C)(C)C(=O)O)c1O. The summed E-state index contributed by atoms with van der Waals surface area (Å²) in [6.07, 6.45) is 0.215. The lowest BCUT2D eigenvalue weighted by atomic mass is 9.85. The second-order valence-electron chi connectivity index (χ2n) is 4.90. The molecule has 0 unspecified atom stereocenters. The number of rotatable bonds is 4. The second-order valence-corrected chi connectivity index (χ2v) is 5.70. The minimum atomic E-state index is -0.960. The molecule has 0 aromatic heterocycles. The molecule has 0 atom stereocenters. The molecule has 0 aliphatic carbocycles. The number of ether oxygens (including phenoxy) is 1. The molecule has 1 aromatic carbocycles. The van der Waals surface area contributed by atoms with Crippen LogP contribution in [-0.4, -0.2) is 23.3 Å². The summed E-state index contributed by atoms with van der Waals surface area (Å²) >= 11 is 3.39. The van der Waals surface area contributed by atoms with Crippen LogP contribution in [0.3, 0.4) is 0 Å². The third-order valence-electron chi connectivity index (χ3n) is 2.90. The Balaban J connectivity index is 3.32. The van der Waals surface area contributed by atoms with E-state index in [1.54, 1.807) is 19.9 Å². The lowest BCUT2D eigenvalue weighted by Gasteiger charge is -2.22. The Kier molecular flexibility index (Phi) is 4.27. The molecule has 0 aliphatic heterocycles. The first kappa shape index (κ1) is 14.8. The van der Waals surface area contributed by atoms with E-state index < -0.39 is 11.4 Å². The van der Waals surface area contributed by atoms with Crippen molar-refractivity contribution in [3.63, 3.8) is 0 Å². The maximum absolute atomic E-state index is 11.2. The van der Waals surface area contributed by atoms with E-state index in [-0.39, 0.29) is 12.2 Å². The zero-order valence-corrected chi connectivity index (χ0v) is 12.5. The van der Waals surface area contributed by atoms with Crippen molar-refractivity contribution in [3.05, 3.63) is 21.7 Å². The van der Waals surface area contributed by atoms with Crippen molar-refractivity contribution in [2.75, 3.05) is 7.11 Å². The Labute approximate surface area is 115 Å². The molecule has 100 valence electrons. The number of hydrogen-bond donors (Lipinski definition) is 2. The molecular formula is C13H17BrO4. The number of carbonyl (C=O) groups is 1. The highest BCUT2D eigenvalue weighted by Gasteiger charge is 2.30. The zero-order chi connectivity index (χ0) is 14.1. The summed E-state index contributed by atoms with van der Waals surface area (Å²) in [4.78, 5) is 11.2. The van der Waals surface area contributed by atoms with Crippen molar-refractivity contribution >= 4 is 21.9 Å². The van der Waals surface area contributed by atoms with E-state index in [0.29, 0.717) is 11.3 Å². The van der Waals surface area contributed by atoms with Gasteiger partial charge in [-0.05, 0) is 38.8 Å². The number of methoxy groups -OCH3 is 1. The number of benzene rings is 1. The van der Waals surface area contributed by atoms with E-state index in [0.717, 1.165) is 10.0 Å². The molecule has 0 saturated heterocycles. The van der Waals surface area contributed by atoms with Crippen molar-refractivity contribution in [1.82, 2.24) is 0 Å². The normalized spacial score (nSPS) is 11.4. The molecule has 4 nitrogen and oxygen atoms in total. The minimum absolute atomic E-state index is 0.00991. The fraction of sp³-hybridized carbons (Fsp3) is 0.462. The lowest BCUT2D eigenvalue weighted by Crippen LogP contribution is -2.26. The van der Waals surface area contributed by atoms with Crippen molar-refractivity contribution in [1.29, 1.82) is 0 Å². The summed E-state index contributed by atoms with van der Waals surface area (Å²) in [7, 11) is 1.47. The van der Waals surface area contributed by atoms with E-state index >= 15 is 0 Å². The Hall–Kier alpha value is -1.23. The van der Waals surface area contributed by atoms with Crippen LogP contribution in [0.1, 0.15) is 25.0 Å². The van der Waals surface area contributed by atoms with Crippen LogP contribution in [0, 0.1) is 12.3 Å². The van der Waals surface area contributed by atoms with Crippen LogP contribution >= 0.6 is 15.9 Å². The first-order valence-corrected chi connectivity index (χ1v) is 6.28. The molecule has 0 spiro atoms. The van der Waals surface area contributed by atoms with Gasteiger partial charge in [0.25, 0.3) is 0 Å². The van der Waals surface area contributed by atoms with E-state index in [1.165, 1.54) is 7.11 Å². The molecule has 0 saturated carbocycles. The standard InChI is InChI=1S/C13H17BrO4/c1-7-5-9(18-4)11(15)8(10(7)14)6-13(2,3)12(16)17/h5,15H,6H2,1-4H3,(H,16,17). The summed E-state index contributed by atoms with van der Waals surface area (Å²) in [5.74, 6) is -0.564. The molecule has 0 radical (unpaired) electrons. The topological polar surface area (TPSA) is 66.8 Å². The van der Waals surface area contributed by atoms with Crippen molar-refractivity contribution in [2.24, 2.45) is 5.41 Å². The highest BCUT2D eigenvalue weighted by atomic mass is 79.9. The first-order valence-electron chi connectivity index (χ1n) is 5.49. The predicted octanol–water partition coefficient (Wildman–Crippen LogP) is 3.13. The number of aromatic hydroxyl groups is 1. The fourth-order valence-electron chi connectivity index (χ4n) is 1.65. The molecule has 0 amide bonds. The highest BCUT2D eigenvalue weighted by molar-refractivity contribution is 9.10. The van der Waals surface area contributed by atoms with Crippen molar-refractivity contribution in [2.45, 2.75) is 27.2 Å². The number of halogens is 1. The van der Waals surface area contributed by atoms with Gasteiger partial charge in [0.05, 0.1) is 12.5 Å². The van der Waals surface area contributed by atoms with Crippen LogP contribution in [0.15, 0.2) is 10.5 Å². The summed E-state index contributed by atoms with van der Waals surface area (Å²) in [5, 5.41) is 19.2. The third kappa shape index (κ3) is 2.77. The number of aryl methyl sites for hydroxylation is 1. The molecule has 5 heteroatoms. The number of phenols is 1. The third-order valence-corrected chi connectivity index (χ3v) is 4.00. The van der Waals surface area contributed by atoms with E-state index in [1.807, 2.05) is 6.92 Å². The van der Waals surface area contributed by atoms with Gasteiger partial charge in [-0.15, -0.1) is 0 Å². The van der Waals surface area contributed by atoms with Gasteiger partial charge in [0.15, 0.2) is 11.5 Å². The molecule has 0 heterocycles. The van der Waals surface area contributed by atoms with Gasteiger partial charge in [-0.3, -0.25) is 4.79 Å². The Morgan fingerprint density at radius 3 is 2.50 bits per heavy atom. The van der Waals surface area contributed by atoms with Crippen LogP contribution in [0.2, 0.25) is 0 Å². The van der Waals surface area contributed by atoms with Crippen LogP contribution in [0.5, 0.6) is 11.5 Å². The first-order chi connectivity index (χ1) is 8.20. The summed E-state index contributed by atoms with van der Waals surface area (Å²) in [6.45, 7) is 5.11. The molecule has 0 aliphatic rings. The molecule has 1 aromatic rings. The number of aliphatic carboxylic acids is 1. The maximum atomic E-state index is 11.2. The van der Waals surface area contributed by atoms with Gasteiger partial charge in [-0.25, -0.2) is 0 Å². The number of phenolic OH excluding ortho intramolecular Hbond substituents is 1. The molecule has 1 rings (SSSR count). The Bertz CT molecular complexity index is 480. The van der Waals surface area contributed by atoms with Crippen molar-refractivity contribution < 1.29 is 19.7 Å². The minimum Gasteiger partial charge on any atom is -0.504 e. The monoisotopic (exact) mass is 316 g/mol. The van der Waals surface area contributed by atoms with Crippen LogP contribution in [-0.2, 0) is 11.2 Å². The van der Waals surface area contributed by atoms with Gasteiger partial charge >= 0.3 is 5.97 Å². The number of carboxylic acid groups (broad SMARTS) is 1. The largest absolute Gasteiger partial charge is 0.504 e. The average Bonchev–Trinajstić information content (AvgIpc) is 2.29.